The van der Waals surface area contributed by atoms with E-state index in [0.717, 1.165) is 11.1 Å². The first-order valence-corrected chi connectivity index (χ1v) is 10.9. The quantitative estimate of drug-likeness (QED) is 0.611. The van der Waals surface area contributed by atoms with Crippen LogP contribution < -0.4 is 10.0 Å². The van der Waals surface area contributed by atoms with Crippen LogP contribution in [0.2, 0.25) is 0 Å². The van der Waals surface area contributed by atoms with Crippen molar-refractivity contribution in [1.29, 1.82) is 0 Å². The molecule has 0 aliphatic carbocycles. The molecule has 6 heteroatoms. The fraction of sp³-hybridized carbons (Fsp3) is 0.174. The monoisotopic (exact) mass is 408 g/mol. The summed E-state index contributed by atoms with van der Waals surface area (Å²) in [7, 11) is -3.72. The molecule has 0 bridgehead atoms. The van der Waals surface area contributed by atoms with Gasteiger partial charge in [-0.2, -0.15) is 0 Å². The van der Waals surface area contributed by atoms with Gasteiger partial charge in [-0.25, -0.2) is 8.42 Å². The second-order valence-corrected chi connectivity index (χ2v) is 8.65. The number of amides is 1. The molecule has 2 N–H and O–H groups in total. The van der Waals surface area contributed by atoms with Crippen molar-refractivity contribution in [1.82, 2.24) is 5.32 Å². The second kappa shape index (κ2) is 8.92. The van der Waals surface area contributed by atoms with Crippen LogP contribution in [0.5, 0.6) is 0 Å². The molecule has 3 rings (SSSR count). The molecule has 0 radical (unpaired) electrons. The van der Waals surface area contributed by atoms with E-state index in [9.17, 15) is 13.2 Å². The van der Waals surface area contributed by atoms with Crippen LogP contribution >= 0.6 is 0 Å². The highest BCUT2D eigenvalue weighted by molar-refractivity contribution is 7.92. The van der Waals surface area contributed by atoms with Crippen LogP contribution in [0.3, 0.4) is 0 Å². The van der Waals surface area contributed by atoms with Gasteiger partial charge in [0, 0.05) is 12.1 Å². The number of para-hydroxylation sites is 1. The van der Waals surface area contributed by atoms with Crippen LogP contribution in [0.15, 0.2) is 83.8 Å². The van der Waals surface area contributed by atoms with Crippen LogP contribution in [0.4, 0.5) is 5.69 Å². The van der Waals surface area contributed by atoms with E-state index in [0.29, 0.717) is 17.8 Å². The number of benzene rings is 3. The number of rotatable bonds is 7. The van der Waals surface area contributed by atoms with Gasteiger partial charge in [0.1, 0.15) is 0 Å². The lowest BCUT2D eigenvalue weighted by atomic mass is 10.0. The maximum absolute atomic E-state index is 12.6. The third-order valence-corrected chi connectivity index (χ3v) is 6.14. The van der Waals surface area contributed by atoms with Gasteiger partial charge in [-0.15, -0.1) is 0 Å². The number of carbonyl (C=O) groups excluding carboxylic acids is 1. The van der Waals surface area contributed by atoms with Crippen molar-refractivity contribution in [2.45, 2.75) is 24.7 Å². The Hall–Kier alpha value is -3.12. The van der Waals surface area contributed by atoms with Crippen molar-refractivity contribution in [3.8, 4) is 0 Å². The first kappa shape index (κ1) is 20.6. The largest absolute Gasteiger partial charge is 0.351 e. The van der Waals surface area contributed by atoms with Crippen molar-refractivity contribution in [2.24, 2.45) is 0 Å². The summed E-state index contributed by atoms with van der Waals surface area (Å²) < 4.78 is 27.8. The first-order valence-electron chi connectivity index (χ1n) is 9.38. The van der Waals surface area contributed by atoms with Crippen molar-refractivity contribution in [2.75, 3.05) is 11.3 Å². The third kappa shape index (κ3) is 5.23. The Balaban J connectivity index is 1.64. The summed E-state index contributed by atoms with van der Waals surface area (Å²) in [5.41, 5.74) is 2.93. The third-order valence-electron chi connectivity index (χ3n) is 4.75. The lowest BCUT2D eigenvalue weighted by Gasteiger charge is -2.13. The predicted octanol–water partition coefficient (Wildman–Crippen LogP) is 4.33. The number of anilines is 1. The zero-order chi connectivity index (χ0) is 20.9. The van der Waals surface area contributed by atoms with Gasteiger partial charge in [-0.1, -0.05) is 55.5 Å². The summed E-state index contributed by atoms with van der Waals surface area (Å²) in [5, 5.41) is 2.90. The number of aryl methyl sites for hydroxylation is 1. The molecule has 0 aliphatic rings. The lowest BCUT2D eigenvalue weighted by molar-refractivity contribution is 0.0951. The highest BCUT2D eigenvalue weighted by Crippen LogP contribution is 2.20. The van der Waals surface area contributed by atoms with Crippen LogP contribution in [0.1, 0.15) is 34.3 Å². The molecule has 0 aromatic heterocycles. The van der Waals surface area contributed by atoms with Gasteiger partial charge in [-0.05, 0) is 54.3 Å². The van der Waals surface area contributed by atoms with Gasteiger partial charge in [0.2, 0.25) is 0 Å². The molecule has 5 nitrogen and oxygen atoms in total. The van der Waals surface area contributed by atoms with Crippen LogP contribution in [0, 0.1) is 6.92 Å². The Morgan fingerprint density at radius 2 is 1.52 bits per heavy atom. The SMILES string of the molecule is Cc1ccccc1NS(=O)(=O)c1ccc(C(=O)NCC(C)c2ccccc2)cc1. The molecule has 0 aliphatic heterocycles. The highest BCUT2D eigenvalue weighted by Gasteiger charge is 2.16. The fourth-order valence-electron chi connectivity index (χ4n) is 2.92. The fourth-order valence-corrected chi connectivity index (χ4v) is 4.05. The molecule has 3 aromatic carbocycles. The van der Waals surface area contributed by atoms with Crippen LogP contribution in [-0.2, 0) is 10.0 Å². The predicted molar refractivity (Wildman–Crippen MR) is 116 cm³/mol. The zero-order valence-corrected chi connectivity index (χ0v) is 17.2. The Labute approximate surface area is 171 Å². The van der Waals surface area contributed by atoms with Gasteiger partial charge in [-0.3, -0.25) is 9.52 Å². The summed E-state index contributed by atoms with van der Waals surface area (Å²) in [6, 6.07) is 23.0. The van der Waals surface area contributed by atoms with Gasteiger partial charge >= 0.3 is 0 Å². The topological polar surface area (TPSA) is 75.3 Å². The summed E-state index contributed by atoms with van der Waals surface area (Å²) in [6.45, 7) is 4.38. The molecule has 0 saturated heterocycles. The maximum atomic E-state index is 12.6. The molecular weight excluding hydrogens is 384 g/mol. The Morgan fingerprint density at radius 1 is 0.897 bits per heavy atom. The molecule has 1 unspecified atom stereocenters. The van der Waals surface area contributed by atoms with Crippen molar-refractivity contribution in [3.63, 3.8) is 0 Å². The molecule has 29 heavy (non-hydrogen) atoms. The van der Waals surface area contributed by atoms with E-state index in [1.807, 2.05) is 56.3 Å². The van der Waals surface area contributed by atoms with Gasteiger partial charge < -0.3 is 5.32 Å². The molecule has 0 spiro atoms. The Morgan fingerprint density at radius 3 is 2.17 bits per heavy atom. The summed E-state index contributed by atoms with van der Waals surface area (Å²) >= 11 is 0. The Bertz CT molecular complexity index is 1080. The molecule has 1 atom stereocenters. The van der Waals surface area contributed by atoms with Gasteiger partial charge in [0.15, 0.2) is 0 Å². The first-order chi connectivity index (χ1) is 13.9. The smallest absolute Gasteiger partial charge is 0.261 e. The van der Waals surface area contributed by atoms with E-state index in [1.165, 1.54) is 24.3 Å². The standard InChI is InChI=1S/C23H24N2O3S/c1-17-8-6-7-11-22(17)25-29(27,28)21-14-12-20(13-15-21)23(26)24-16-18(2)19-9-4-3-5-10-19/h3-15,18,25H,16H2,1-2H3,(H,24,26). The van der Waals surface area contributed by atoms with E-state index in [4.69, 9.17) is 0 Å². The van der Waals surface area contributed by atoms with E-state index in [-0.39, 0.29) is 16.7 Å². The summed E-state index contributed by atoms with van der Waals surface area (Å²) in [6.07, 6.45) is 0. The second-order valence-electron chi connectivity index (χ2n) is 6.97. The Kier molecular flexibility index (Phi) is 6.34. The summed E-state index contributed by atoms with van der Waals surface area (Å²) in [4.78, 5) is 12.5. The number of nitrogens with one attached hydrogen (secondary N) is 2. The van der Waals surface area contributed by atoms with Crippen LogP contribution in [0.25, 0.3) is 0 Å². The van der Waals surface area contributed by atoms with Crippen molar-refractivity contribution < 1.29 is 13.2 Å². The highest BCUT2D eigenvalue weighted by atomic mass is 32.2. The minimum absolute atomic E-state index is 0.106. The maximum Gasteiger partial charge on any atom is 0.261 e. The molecule has 3 aromatic rings. The zero-order valence-electron chi connectivity index (χ0n) is 16.4. The summed E-state index contributed by atoms with van der Waals surface area (Å²) in [5.74, 6) is -0.0540. The van der Waals surface area contributed by atoms with Crippen molar-refractivity contribution >= 4 is 21.6 Å². The molecule has 0 heterocycles. The van der Waals surface area contributed by atoms with E-state index in [1.54, 1.807) is 12.1 Å². The minimum atomic E-state index is -3.72. The van der Waals surface area contributed by atoms with Gasteiger partial charge in [0.25, 0.3) is 15.9 Å². The number of hydrogen-bond donors (Lipinski definition) is 2. The van der Waals surface area contributed by atoms with E-state index < -0.39 is 10.0 Å². The molecule has 150 valence electrons. The lowest BCUT2D eigenvalue weighted by Crippen LogP contribution is -2.27. The van der Waals surface area contributed by atoms with Crippen LogP contribution in [-0.4, -0.2) is 20.9 Å². The molecule has 1 amide bonds. The molecule has 0 fully saturated rings. The minimum Gasteiger partial charge on any atom is -0.351 e. The molecular formula is C23H24N2O3S. The average Bonchev–Trinajstić information content (AvgIpc) is 2.74. The average molecular weight is 409 g/mol. The molecule has 0 saturated carbocycles. The number of hydrogen-bond acceptors (Lipinski definition) is 3. The number of carbonyl (C=O) groups is 1. The van der Waals surface area contributed by atoms with Crippen molar-refractivity contribution in [3.05, 3.63) is 95.6 Å². The van der Waals surface area contributed by atoms with E-state index >= 15 is 0 Å². The van der Waals surface area contributed by atoms with Gasteiger partial charge in [0.05, 0.1) is 10.6 Å². The van der Waals surface area contributed by atoms with E-state index in [2.05, 4.69) is 10.0 Å². The normalized spacial score (nSPS) is 12.2. The number of sulfonamides is 1.